The van der Waals surface area contributed by atoms with Gasteiger partial charge < -0.3 is 15.0 Å². The van der Waals surface area contributed by atoms with Crippen LogP contribution in [-0.4, -0.2) is 35.9 Å². The lowest BCUT2D eigenvalue weighted by molar-refractivity contribution is -0.142. The molecule has 0 aliphatic heterocycles. The minimum Gasteiger partial charge on any atom is -0.484 e. The first kappa shape index (κ1) is 23.5. The number of ether oxygens (including phenoxy) is 1. The van der Waals surface area contributed by atoms with Crippen LogP contribution in [0.3, 0.4) is 0 Å². The van der Waals surface area contributed by atoms with Crippen molar-refractivity contribution in [2.24, 2.45) is 0 Å². The zero-order chi connectivity index (χ0) is 21.4. The van der Waals surface area contributed by atoms with Gasteiger partial charge in [-0.25, -0.2) is 0 Å². The maximum absolute atomic E-state index is 13.0. The summed E-state index contributed by atoms with van der Waals surface area (Å²) in [6.45, 7) is 4.06. The molecule has 0 aromatic heterocycles. The van der Waals surface area contributed by atoms with Crippen molar-refractivity contribution in [2.45, 2.75) is 32.9 Å². The van der Waals surface area contributed by atoms with Gasteiger partial charge in [0.15, 0.2) is 6.61 Å². The Balaban J connectivity index is 2.19. The van der Waals surface area contributed by atoms with Crippen LogP contribution in [0.25, 0.3) is 0 Å². The Morgan fingerprint density at radius 3 is 2.34 bits per heavy atom. The van der Waals surface area contributed by atoms with Crippen molar-refractivity contribution < 1.29 is 14.3 Å². The van der Waals surface area contributed by atoms with Crippen molar-refractivity contribution >= 4 is 50.9 Å². The van der Waals surface area contributed by atoms with E-state index in [4.69, 9.17) is 27.9 Å². The molecule has 2 aromatic carbocycles. The largest absolute Gasteiger partial charge is 0.484 e. The van der Waals surface area contributed by atoms with Gasteiger partial charge in [-0.05, 0) is 49.7 Å². The van der Waals surface area contributed by atoms with Crippen LogP contribution in [0.15, 0.2) is 46.9 Å². The second-order valence-corrected chi connectivity index (χ2v) is 8.16. The molecule has 2 amide bonds. The lowest BCUT2D eigenvalue weighted by Crippen LogP contribution is -2.49. The van der Waals surface area contributed by atoms with E-state index in [0.29, 0.717) is 27.9 Å². The Morgan fingerprint density at radius 2 is 1.76 bits per heavy atom. The van der Waals surface area contributed by atoms with E-state index in [2.05, 4.69) is 21.2 Å². The minimum atomic E-state index is -0.713. The van der Waals surface area contributed by atoms with Crippen LogP contribution in [0.2, 0.25) is 10.0 Å². The number of carbonyl (C=O) groups excluding carboxylic acids is 2. The topological polar surface area (TPSA) is 58.6 Å². The summed E-state index contributed by atoms with van der Waals surface area (Å²) < 4.78 is 6.51. The van der Waals surface area contributed by atoms with Crippen LogP contribution in [0.4, 0.5) is 0 Å². The Kier molecular flexibility index (Phi) is 9.27. The van der Waals surface area contributed by atoms with Crippen LogP contribution >= 0.6 is 39.1 Å². The molecule has 5 nitrogen and oxygen atoms in total. The predicted octanol–water partition coefficient (Wildman–Crippen LogP) is 5.08. The standard InChI is InChI=1S/C21H23BrCl2N2O3/c1-3-11-25-21(28)14(2)26(12-17-18(23)5-4-6-19(17)24)20(27)13-29-16-9-7-15(22)8-10-16/h4-10,14H,3,11-13H2,1-2H3,(H,25,28)/t14-/m0/s1. The summed E-state index contributed by atoms with van der Waals surface area (Å²) in [5, 5.41) is 3.69. The number of halogens is 3. The summed E-state index contributed by atoms with van der Waals surface area (Å²) in [6, 6.07) is 11.6. The average molecular weight is 502 g/mol. The second kappa shape index (κ2) is 11.4. The Morgan fingerprint density at radius 1 is 1.14 bits per heavy atom. The molecule has 0 bridgehead atoms. The molecule has 29 heavy (non-hydrogen) atoms. The number of carbonyl (C=O) groups is 2. The number of nitrogens with zero attached hydrogens (tertiary/aromatic N) is 1. The highest BCUT2D eigenvalue weighted by molar-refractivity contribution is 9.10. The second-order valence-electron chi connectivity index (χ2n) is 6.43. The number of nitrogens with one attached hydrogen (secondary N) is 1. The van der Waals surface area contributed by atoms with Gasteiger partial charge in [0, 0.05) is 33.2 Å². The highest BCUT2D eigenvalue weighted by Gasteiger charge is 2.27. The molecule has 1 atom stereocenters. The van der Waals surface area contributed by atoms with Gasteiger partial charge in [-0.2, -0.15) is 0 Å². The van der Waals surface area contributed by atoms with Crippen LogP contribution < -0.4 is 10.1 Å². The van der Waals surface area contributed by atoms with E-state index in [1.165, 1.54) is 4.90 Å². The van der Waals surface area contributed by atoms with E-state index < -0.39 is 6.04 Å². The summed E-state index contributed by atoms with van der Waals surface area (Å²) >= 11 is 15.9. The lowest BCUT2D eigenvalue weighted by atomic mass is 10.1. The van der Waals surface area contributed by atoms with Crippen molar-refractivity contribution in [3.05, 3.63) is 62.5 Å². The molecule has 0 radical (unpaired) electrons. The predicted molar refractivity (Wildman–Crippen MR) is 119 cm³/mol. The Labute approximate surface area is 189 Å². The van der Waals surface area contributed by atoms with Gasteiger partial charge in [0.2, 0.25) is 5.91 Å². The summed E-state index contributed by atoms with van der Waals surface area (Å²) in [5.41, 5.74) is 0.586. The molecule has 156 valence electrons. The van der Waals surface area contributed by atoms with Crippen LogP contribution in [0, 0.1) is 0 Å². The first-order valence-corrected chi connectivity index (χ1v) is 10.8. The van der Waals surface area contributed by atoms with Gasteiger partial charge in [-0.1, -0.05) is 52.1 Å². The van der Waals surface area contributed by atoms with Gasteiger partial charge in [-0.15, -0.1) is 0 Å². The molecule has 0 unspecified atom stereocenters. The van der Waals surface area contributed by atoms with Gasteiger partial charge in [0.1, 0.15) is 11.8 Å². The summed E-state index contributed by atoms with van der Waals surface area (Å²) in [5.74, 6) is -0.0320. The number of benzene rings is 2. The van der Waals surface area contributed by atoms with E-state index in [1.54, 1.807) is 37.3 Å². The van der Waals surface area contributed by atoms with E-state index in [0.717, 1.165) is 10.9 Å². The molecular weight excluding hydrogens is 479 g/mol. The third kappa shape index (κ3) is 6.91. The fourth-order valence-corrected chi connectivity index (χ4v) is 3.37. The molecule has 0 aliphatic rings. The molecule has 0 saturated carbocycles. The monoisotopic (exact) mass is 500 g/mol. The summed E-state index contributed by atoms with van der Waals surface area (Å²) in [6.07, 6.45) is 0.801. The molecular formula is C21H23BrCl2N2O3. The smallest absolute Gasteiger partial charge is 0.261 e. The van der Waals surface area contributed by atoms with Crippen molar-refractivity contribution in [3.63, 3.8) is 0 Å². The number of hydrogen-bond acceptors (Lipinski definition) is 3. The highest BCUT2D eigenvalue weighted by atomic mass is 79.9. The normalized spacial score (nSPS) is 11.6. The van der Waals surface area contributed by atoms with Crippen LogP contribution in [-0.2, 0) is 16.1 Å². The SMILES string of the molecule is CCCNC(=O)[C@H](C)N(Cc1c(Cl)cccc1Cl)C(=O)COc1ccc(Br)cc1. The van der Waals surface area contributed by atoms with Crippen LogP contribution in [0.5, 0.6) is 5.75 Å². The molecule has 0 heterocycles. The maximum atomic E-state index is 13.0. The Bertz CT molecular complexity index is 826. The molecule has 8 heteroatoms. The fourth-order valence-electron chi connectivity index (χ4n) is 2.59. The summed E-state index contributed by atoms with van der Waals surface area (Å²) in [7, 11) is 0. The Hall–Kier alpha value is -1.76. The van der Waals surface area contributed by atoms with Gasteiger partial charge in [-0.3, -0.25) is 9.59 Å². The van der Waals surface area contributed by atoms with Crippen molar-refractivity contribution in [3.8, 4) is 5.75 Å². The number of amides is 2. The minimum absolute atomic E-state index is 0.0990. The maximum Gasteiger partial charge on any atom is 0.261 e. The van der Waals surface area contributed by atoms with E-state index in [-0.39, 0.29) is 25.0 Å². The molecule has 0 saturated heterocycles. The quantitative estimate of drug-likeness (QED) is 0.521. The molecule has 1 N–H and O–H groups in total. The molecule has 0 aliphatic carbocycles. The van der Waals surface area contributed by atoms with Crippen LogP contribution in [0.1, 0.15) is 25.8 Å². The van der Waals surface area contributed by atoms with Crippen molar-refractivity contribution in [1.82, 2.24) is 10.2 Å². The van der Waals surface area contributed by atoms with Crippen molar-refractivity contribution in [2.75, 3.05) is 13.2 Å². The van der Waals surface area contributed by atoms with E-state index in [1.807, 2.05) is 19.1 Å². The first-order chi connectivity index (χ1) is 13.8. The third-order valence-corrected chi connectivity index (χ3v) is 5.52. The average Bonchev–Trinajstić information content (AvgIpc) is 2.70. The third-order valence-electron chi connectivity index (χ3n) is 4.28. The molecule has 2 aromatic rings. The number of hydrogen-bond donors (Lipinski definition) is 1. The van der Waals surface area contributed by atoms with Gasteiger partial charge in [0.05, 0.1) is 0 Å². The first-order valence-electron chi connectivity index (χ1n) is 9.22. The number of rotatable bonds is 9. The zero-order valence-electron chi connectivity index (χ0n) is 16.3. The van der Waals surface area contributed by atoms with E-state index in [9.17, 15) is 9.59 Å². The zero-order valence-corrected chi connectivity index (χ0v) is 19.4. The molecule has 0 fully saturated rings. The molecule has 2 rings (SSSR count). The van der Waals surface area contributed by atoms with E-state index >= 15 is 0 Å². The summed E-state index contributed by atoms with van der Waals surface area (Å²) in [4.78, 5) is 26.9. The van der Waals surface area contributed by atoms with Crippen molar-refractivity contribution in [1.29, 1.82) is 0 Å². The molecule has 0 spiro atoms. The lowest BCUT2D eigenvalue weighted by Gasteiger charge is -2.29. The fraction of sp³-hybridized carbons (Fsp3) is 0.333. The van der Waals surface area contributed by atoms with Gasteiger partial charge >= 0.3 is 0 Å². The highest BCUT2D eigenvalue weighted by Crippen LogP contribution is 2.26. The van der Waals surface area contributed by atoms with Gasteiger partial charge in [0.25, 0.3) is 5.91 Å².